The molecule has 0 heterocycles. The van der Waals surface area contributed by atoms with Crippen LogP contribution in [-0.4, -0.2) is 66.2 Å². The molecule has 1 aliphatic carbocycles. The molecule has 0 unspecified atom stereocenters. The van der Waals surface area contributed by atoms with Gasteiger partial charge in [-0.1, -0.05) is 18.2 Å². The zero-order valence-electron chi connectivity index (χ0n) is 15.3. The number of nitrogens with one attached hydrogen (secondary N) is 2. The van der Waals surface area contributed by atoms with Crippen molar-refractivity contribution in [3.05, 3.63) is 30.3 Å². The maximum atomic E-state index is 12.1. The topological polar surface area (TPSA) is 83.0 Å². The van der Waals surface area contributed by atoms with Crippen LogP contribution in [0.1, 0.15) is 12.8 Å². The van der Waals surface area contributed by atoms with Crippen molar-refractivity contribution in [3.63, 3.8) is 0 Å². The summed E-state index contributed by atoms with van der Waals surface area (Å²) in [7, 11) is 0.172. The highest BCUT2D eigenvalue weighted by atomic mass is 127. The van der Waals surface area contributed by atoms with Crippen LogP contribution in [0.2, 0.25) is 0 Å². The quantitative estimate of drug-likeness (QED) is 0.222. The fraction of sp³-hybridized carbons (Fsp3) is 0.588. The summed E-state index contributed by atoms with van der Waals surface area (Å²) in [5, 5.41) is 3.15. The van der Waals surface area contributed by atoms with Crippen molar-refractivity contribution in [2.24, 2.45) is 10.9 Å². The van der Waals surface area contributed by atoms with Crippen LogP contribution in [0.5, 0.6) is 0 Å². The Morgan fingerprint density at radius 1 is 1.27 bits per heavy atom. The van der Waals surface area contributed by atoms with E-state index in [0.29, 0.717) is 19.1 Å². The van der Waals surface area contributed by atoms with E-state index in [1.807, 2.05) is 11.9 Å². The highest BCUT2D eigenvalue weighted by molar-refractivity contribution is 14.0. The molecule has 0 radical (unpaired) electrons. The third-order valence-corrected chi connectivity index (χ3v) is 5.43. The summed E-state index contributed by atoms with van der Waals surface area (Å²) in [4.78, 5) is 6.44. The summed E-state index contributed by atoms with van der Waals surface area (Å²) >= 11 is 0. The third-order valence-electron chi connectivity index (χ3n) is 3.95. The fourth-order valence-corrected chi connectivity index (χ4v) is 3.32. The molecule has 7 nitrogen and oxygen atoms in total. The van der Waals surface area contributed by atoms with Crippen LogP contribution in [0, 0.1) is 5.92 Å². The largest absolute Gasteiger partial charge is 0.379 e. The van der Waals surface area contributed by atoms with Gasteiger partial charge in [0.15, 0.2) is 5.96 Å². The average molecular weight is 496 g/mol. The molecule has 2 rings (SSSR count). The number of rotatable bonds is 10. The lowest BCUT2D eigenvalue weighted by atomic mass is 10.4. The van der Waals surface area contributed by atoms with Gasteiger partial charge >= 0.3 is 0 Å². The smallest absolute Gasteiger partial charge is 0.240 e. The van der Waals surface area contributed by atoms with E-state index in [-0.39, 0.29) is 35.4 Å². The van der Waals surface area contributed by atoms with Gasteiger partial charge in [0, 0.05) is 40.3 Å². The molecule has 1 aliphatic rings. The number of likely N-dealkylation sites (N-methyl/N-ethyl adjacent to an activating group) is 1. The summed E-state index contributed by atoms with van der Waals surface area (Å²) < 4.78 is 32.4. The van der Waals surface area contributed by atoms with Crippen LogP contribution in [0.15, 0.2) is 40.2 Å². The molecule has 0 spiro atoms. The molecule has 0 saturated heterocycles. The lowest BCUT2D eigenvalue weighted by Crippen LogP contribution is -2.43. The molecular weight excluding hydrogens is 467 g/mol. The molecule has 2 N–H and O–H groups in total. The normalized spacial score (nSPS) is 14.6. The van der Waals surface area contributed by atoms with E-state index in [2.05, 4.69) is 15.0 Å². The summed E-state index contributed by atoms with van der Waals surface area (Å²) in [6.45, 7) is 2.98. The van der Waals surface area contributed by atoms with Crippen molar-refractivity contribution < 1.29 is 13.2 Å². The van der Waals surface area contributed by atoms with Gasteiger partial charge in [-0.25, -0.2) is 13.1 Å². The van der Waals surface area contributed by atoms with Crippen molar-refractivity contribution in [2.75, 3.05) is 46.9 Å². The van der Waals surface area contributed by atoms with Crippen LogP contribution in [0.25, 0.3) is 0 Å². The van der Waals surface area contributed by atoms with Crippen LogP contribution < -0.4 is 10.0 Å². The molecule has 1 aromatic rings. The van der Waals surface area contributed by atoms with Crippen LogP contribution in [0.4, 0.5) is 0 Å². The zero-order chi connectivity index (χ0) is 18.1. The van der Waals surface area contributed by atoms with Crippen molar-refractivity contribution in [2.45, 2.75) is 17.7 Å². The minimum Gasteiger partial charge on any atom is -0.379 e. The summed E-state index contributed by atoms with van der Waals surface area (Å²) in [5.74, 6) is 1.48. The highest BCUT2D eigenvalue weighted by Gasteiger charge is 2.21. The second kappa shape index (κ2) is 11.7. The third kappa shape index (κ3) is 8.19. The van der Waals surface area contributed by atoms with E-state index in [0.717, 1.165) is 19.1 Å². The first kappa shape index (κ1) is 23.1. The number of hydrogen-bond donors (Lipinski definition) is 2. The molecule has 148 valence electrons. The maximum absolute atomic E-state index is 12.1. The molecular formula is C17H29IN4O3S. The van der Waals surface area contributed by atoms with Crippen molar-refractivity contribution in [3.8, 4) is 0 Å². The standard InChI is InChI=1S/C17H28N4O3S.HI/c1-18-17(21(2)12-13-24-14-15-8-9-15)19-10-11-20-25(22,23)16-6-4-3-5-7-16;/h3-7,15,20H,8-14H2,1-2H3,(H,18,19);1H. The number of nitrogens with zero attached hydrogens (tertiary/aromatic N) is 2. The Bertz CT molecular complexity index is 651. The van der Waals surface area contributed by atoms with E-state index in [9.17, 15) is 8.42 Å². The van der Waals surface area contributed by atoms with Gasteiger partial charge in [0.25, 0.3) is 0 Å². The minimum atomic E-state index is -3.47. The van der Waals surface area contributed by atoms with Gasteiger partial charge in [0.05, 0.1) is 11.5 Å². The number of sulfonamides is 1. The van der Waals surface area contributed by atoms with Gasteiger partial charge in [-0.2, -0.15) is 0 Å². The molecule has 1 saturated carbocycles. The molecule has 0 bridgehead atoms. The first-order valence-corrected chi connectivity index (χ1v) is 10.1. The Balaban J connectivity index is 0.00000338. The monoisotopic (exact) mass is 496 g/mol. The SMILES string of the molecule is CN=C(NCCNS(=O)(=O)c1ccccc1)N(C)CCOCC1CC1.I. The number of aliphatic imine (C=N–C) groups is 1. The lowest BCUT2D eigenvalue weighted by molar-refractivity contribution is 0.115. The Hall–Kier alpha value is -0.910. The number of halogens is 1. The number of ether oxygens (including phenoxy) is 1. The Labute approximate surface area is 173 Å². The van der Waals surface area contributed by atoms with E-state index in [1.54, 1.807) is 37.4 Å². The van der Waals surface area contributed by atoms with Gasteiger partial charge in [0.2, 0.25) is 10.0 Å². The predicted molar refractivity (Wildman–Crippen MR) is 115 cm³/mol. The average Bonchev–Trinajstić information content (AvgIpc) is 3.44. The van der Waals surface area contributed by atoms with Crippen LogP contribution in [0.3, 0.4) is 0 Å². The van der Waals surface area contributed by atoms with Crippen molar-refractivity contribution >= 4 is 40.0 Å². The molecule has 0 aromatic heterocycles. The second-order valence-electron chi connectivity index (χ2n) is 6.12. The van der Waals surface area contributed by atoms with Gasteiger partial charge in [0.1, 0.15) is 0 Å². The highest BCUT2D eigenvalue weighted by Crippen LogP contribution is 2.28. The molecule has 9 heteroatoms. The molecule has 0 amide bonds. The first-order chi connectivity index (χ1) is 12.0. The van der Waals surface area contributed by atoms with E-state index < -0.39 is 10.0 Å². The van der Waals surface area contributed by atoms with Gasteiger partial charge < -0.3 is 15.0 Å². The van der Waals surface area contributed by atoms with Gasteiger partial charge in [-0.3, -0.25) is 4.99 Å². The molecule has 0 aliphatic heterocycles. The van der Waals surface area contributed by atoms with Gasteiger partial charge in [-0.05, 0) is 30.9 Å². The van der Waals surface area contributed by atoms with Crippen molar-refractivity contribution in [1.29, 1.82) is 0 Å². The summed E-state index contributed by atoms with van der Waals surface area (Å²) in [6, 6.07) is 8.34. The first-order valence-electron chi connectivity index (χ1n) is 8.57. The summed E-state index contributed by atoms with van der Waals surface area (Å²) in [6.07, 6.45) is 2.58. The number of guanidine groups is 1. The van der Waals surface area contributed by atoms with Gasteiger partial charge in [-0.15, -0.1) is 24.0 Å². The zero-order valence-corrected chi connectivity index (χ0v) is 18.5. The van der Waals surface area contributed by atoms with Crippen LogP contribution in [-0.2, 0) is 14.8 Å². The second-order valence-corrected chi connectivity index (χ2v) is 7.89. The molecule has 1 fully saturated rings. The number of benzene rings is 1. The molecule has 1 aromatic carbocycles. The summed E-state index contributed by atoms with van der Waals surface area (Å²) in [5.41, 5.74) is 0. The lowest BCUT2D eigenvalue weighted by Gasteiger charge is -2.22. The van der Waals surface area contributed by atoms with E-state index >= 15 is 0 Å². The van der Waals surface area contributed by atoms with E-state index in [4.69, 9.17) is 4.74 Å². The Kier molecular flexibility index (Phi) is 10.4. The molecule has 0 atom stereocenters. The fourth-order valence-electron chi connectivity index (χ4n) is 2.27. The number of hydrogen-bond acceptors (Lipinski definition) is 4. The van der Waals surface area contributed by atoms with E-state index in [1.165, 1.54) is 12.8 Å². The molecule has 26 heavy (non-hydrogen) atoms. The Morgan fingerprint density at radius 2 is 1.96 bits per heavy atom. The minimum absolute atomic E-state index is 0. The predicted octanol–water partition coefficient (Wildman–Crippen LogP) is 1.52. The maximum Gasteiger partial charge on any atom is 0.240 e. The Morgan fingerprint density at radius 3 is 2.58 bits per heavy atom. The van der Waals surface area contributed by atoms with Crippen LogP contribution >= 0.6 is 24.0 Å². The van der Waals surface area contributed by atoms with Crippen molar-refractivity contribution in [1.82, 2.24) is 14.9 Å².